The van der Waals surface area contributed by atoms with E-state index in [-0.39, 0.29) is 0 Å². The minimum atomic E-state index is -1.33. The number of rotatable bonds is 2. The van der Waals surface area contributed by atoms with Crippen LogP contribution in [-0.4, -0.2) is 11.2 Å². The zero-order valence-corrected chi connectivity index (χ0v) is 8.73. The van der Waals surface area contributed by atoms with Gasteiger partial charge in [-0.15, -0.1) is 11.3 Å². The van der Waals surface area contributed by atoms with E-state index in [2.05, 4.69) is 31.0 Å². The van der Waals surface area contributed by atoms with Crippen LogP contribution in [0.15, 0.2) is 11.4 Å². The van der Waals surface area contributed by atoms with Crippen molar-refractivity contribution in [2.45, 2.75) is 26.7 Å². The van der Waals surface area contributed by atoms with Gasteiger partial charge in [0, 0.05) is 4.88 Å². The van der Waals surface area contributed by atoms with Crippen molar-refractivity contribution in [3.63, 3.8) is 0 Å². The number of amides is 1. The summed E-state index contributed by atoms with van der Waals surface area (Å²) >= 11 is 1.87. The molecule has 1 aromatic heterocycles. The maximum Gasteiger partial charge on any atom is 0.402 e. The van der Waals surface area contributed by atoms with Gasteiger partial charge in [-0.3, -0.25) is 0 Å². The van der Waals surface area contributed by atoms with Crippen LogP contribution < -0.4 is 5.73 Å². The highest BCUT2D eigenvalue weighted by Gasteiger charge is 1.96. The van der Waals surface area contributed by atoms with Crippen molar-refractivity contribution in [1.82, 2.24) is 0 Å². The summed E-state index contributed by atoms with van der Waals surface area (Å²) in [5.74, 6) is 0. The summed E-state index contributed by atoms with van der Waals surface area (Å²) in [6.45, 7) is 4.42. The average molecular weight is 201 g/mol. The van der Waals surface area contributed by atoms with Gasteiger partial charge in [0.15, 0.2) is 0 Å². The summed E-state index contributed by atoms with van der Waals surface area (Å²) in [5, 5.41) is 9.37. The molecule has 1 aromatic rings. The molecule has 0 atom stereocenters. The van der Waals surface area contributed by atoms with Gasteiger partial charge >= 0.3 is 6.09 Å². The van der Waals surface area contributed by atoms with E-state index in [9.17, 15) is 0 Å². The number of carboxylic acid groups (broad SMARTS) is 1. The van der Waals surface area contributed by atoms with Crippen LogP contribution in [0.5, 0.6) is 0 Å². The van der Waals surface area contributed by atoms with Crippen LogP contribution in [0.1, 0.15) is 24.3 Å². The molecule has 0 saturated carbocycles. The largest absolute Gasteiger partial charge is 0.465 e. The summed E-state index contributed by atoms with van der Waals surface area (Å²) in [5.41, 5.74) is 5.56. The molecule has 0 radical (unpaired) electrons. The number of thiophene rings is 1. The first-order valence-corrected chi connectivity index (χ1v) is 5.03. The normalized spacial score (nSPS) is 8.77. The van der Waals surface area contributed by atoms with Crippen LogP contribution in [-0.2, 0) is 12.8 Å². The third kappa shape index (κ3) is 5.25. The lowest BCUT2D eigenvalue weighted by atomic mass is 10.2. The van der Waals surface area contributed by atoms with Crippen molar-refractivity contribution >= 4 is 17.4 Å². The van der Waals surface area contributed by atoms with Crippen molar-refractivity contribution in [2.24, 2.45) is 5.73 Å². The molecule has 1 amide bonds. The molecule has 0 aliphatic heterocycles. The summed E-state index contributed by atoms with van der Waals surface area (Å²) in [6, 6.07) is 2.23. The Bertz CT molecular complexity index is 235. The molecule has 3 N–H and O–H groups in total. The van der Waals surface area contributed by atoms with Crippen molar-refractivity contribution in [3.05, 3.63) is 21.9 Å². The van der Waals surface area contributed by atoms with E-state index in [0.29, 0.717) is 0 Å². The fraction of sp³-hybridized carbons (Fsp3) is 0.444. The third-order valence-corrected chi connectivity index (χ3v) is 2.65. The number of aryl methyl sites for hydroxylation is 2. The SMILES string of the molecule is CCc1ccsc1CC.NC(=O)O. The van der Waals surface area contributed by atoms with Gasteiger partial charge in [0.05, 0.1) is 0 Å². The third-order valence-electron chi connectivity index (χ3n) is 1.54. The lowest BCUT2D eigenvalue weighted by Gasteiger charge is -1.93. The molecular formula is C9H15NO2S. The number of primary amides is 1. The fourth-order valence-corrected chi connectivity index (χ4v) is 1.92. The molecule has 3 nitrogen and oxygen atoms in total. The Labute approximate surface area is 82.2 Å². The van der Waals surface area contributed by atoms with Crippen LogP contribution >= 0.6 is 11.3 Å². The van der Waals surface area contributed by atoms with Crippen molar-refractivity contribution in [1.29, 1.82) is 0 Å². The van der Waals surface area contributed by atoms with Crippen molar-refractivity contribution < 1.29 is 9.90 Å². The summed E-state index contributed by atoms with van der Waals surface area (Å²) in [6.07, 6.45) is 1.05. The van der Waals surface area contributed by atoms with Crippen LogP contribution in [0.3, 0.4) is 0 Å². The second-order valence-corrected chi connectivity index (χ2v) is 3.42. The molecule has 0 saturated heterocycles. The monoisotopic (exact) mass is 201 g/mol. The van der Waals surface area contributed by atoms with Gasteiger partial charge in [0.25, 0.3) is 0 Å². The molecule has 0 spiro atoms. The fourth-order valence-electron chi connectivity index (χ4n) is 0.992. The van der Waals surface area contributed by atoms with E-state index in [4.69, 9.17) is 9.90 Å². The molecule has 0 aromatic carbocycles. The average Bonchev–Trinajstić information content (AvgIpc) is 2.49. The maximum atomic E-state index is 8.78. The van der Waals surface area contributed by atoms with Crippen LogP contribution in [0.2, 0.25) is 0 Å². The molecule has 1 heterocycles. The lowest BCUT2D eigenvalue weighted by molar-refractivity contribution is 0.205. The first-order valence-electron chi connectivity index (χ1n) is 4.15. The highest BCUT2D eigenvalue weighted by atomic mass is 32.1. The van der Waals surface area contributed by atoms with Crippen LogP contribution in [0.25, 0.3) is 0 Å². The lowest BCUT2D eigenvalue weighted by Crippen LogP contribution is -2.03. The minimum absolute atomic E-state index is 1.19. The Morgan fingerprint density at radius 1 is 1.54 bits per heavy atom. The van der Waals surface area contributed by atoms with Gasteiger partial charge in [-0.25, -0.2) is 4.79 Å². The summed E-state index contributed by atoms with van der Waals surface area (Å²) in [4.78, 5) is 10.3. The second-order valence-electron chi connectivity index (χ2n) is 2.41. The molecule has 0 fully saturated rings. The predicted molar refractivity (Wildman–Crippen MR) is 55.3 cm³/mol. The summed E-state index contributed by atoms with van der Waals surface area (Å²) in [7, 11) is 0. The Kier molecular flexibility index (Phi) is 5.97. The van der Waals surface area contributed by atoms with Gasteiger partial charge < -0.3 is 10.8 Å². The second kappa shape index (κ2) is 6.48. The summed E-state index contributed by atoms with van der Waals surface area (Å²) < 4.78 is 0. The molecule has 0 aliphatic rings. The van der Waals surface area contributed by atoms with Gasteiger partial charge in [0.2, 0.25) is 0 Å². The maximum absolute atomic E-state index is 8.78. The Balaban J connectivity index is 0.000000310. The highest BCUT2D eigenvalue weighted by molar-refractivity contribution is 7.10. The standard InChI is InChI=1S/C8H12S.CH3NO2/c1-3-7-5-6-9-8(7)4-2;2-1(3)4/h5-6H,3-4H2,1-2H3;2H2,(H,3,4). The quantitative estimate of drug-likeness (QED) is 0.772. The molecule has 0 unspecified atom stereocenters. The smallest absolute Gasteiger partial charge is 0.402 e. The Hall–Kier alpha value is -1.03. The predicted octanol–water partition coefficient (Wildman–Crippen LogP) is 2.50. The topological polar surface area (TPSA) is 63.3 Å². The Morgan fingerprint density at radius 3 is 2.38 bits per heavy atom. The molecule has 1 rings (SSSR count). The van der Waals surface area contributed by atoms with E-state index in [0.717, 1.165) is 0 Å². The van der Waals surface area contributed by atoms with Crippen molar-refractivity contribution in [2.75, 3.05) is 0 Å². The Morgan fingerprint density at radius 2 is 2.08 bits per heavy atom. The van der Waals surface area contributed by atoms with Crippen LogP contribution in [0.4, 0.5) is 4.79 Å². The molecule has 0 aliphatic carbocycles. The first kappa shape index (κ1) is 12.0. The zero-order chi connectivity index (χ0) is 10.3. The van der Waals surface area contributed by atoms with Gasteiger partial charge in [-0.2, -0.15) is 0 Å². The number of nitrogens with two attached hydrogens (primary N) is 1. The number of carbonyl (C=O) groups is 1. The number of hydrogen-bond acceptors (Lipinski definition) is 2. The van der Waals surface area contributed by atoms with E-state index in [1.165, 1.54) is 18.4 Å². The van der Waals surface area contributed by atoms with Crippen LogP contribution in [0, 0.1) is 0 Å². The molecule has 0 bridgehead atoms. The van der Waals surface area contributed by atoms with E-state index < -0.39 is 6.09 Å². The van der Waals surface area contributed by atoms with Gasteiger partial charge in [-0.1, -0.05) is 13.8 Å². The van der Waals surface area contributed by atoms with Crippen molar-refractivity contribution in [3.8, 4) is 0 Å². The number of hydrogen-bond donors (Lipinski definition) is 2. The zero-order valence-electron chi connectivity index (χ0n) is 7.91. The first-order chi connectivity index (χ1) is 6.11. The molecule has 13 heavy (non-hydrogen) atoms. The molecule has 74 valence electrons. The van der Waals surface area contributed by atoms with E-state index >= 15 is 0 Å². The van der Waals surface area contributed by atoms with Gasteiger partial charge in [0.1, 0.15) is 0 Å². The molecule has 4 heteroatoms. The van der Waals surface area contributed by atoms with Gasteiger partial charge in [-0.05, 0) is 29.9 Å². The highest BCUT2D eigenvalue weighted by Crippen LogP contribution is 2.16. The van der Waals surface area contributed by atoms with E-state index in [1.54, 1.807) is 4.88 Å². The minimum Gasteiger partial charge on any atom is -0.465 e. The van der Waals surface area contributed by atoms with E-state index in [1.807, 2.05) is 11.3 Å². The molecular weight excluding hydrogens is 186 g/mol.